The molecule has 0 aromatic heterocycles. The van der Waals surface area contributed by atoms with Gasteiger partial charge >= 0.3 is 0 Å². The van der Waals surface area contributed by atoms with Crippen LogP contribution in [-0.4, -0.2) is 55.8 Å². The number of nitrogens with one attached hydrogen (secondary N) is 2. The van der Waals surface area contributed by atoms with E-state index in [0.717, 1.165) is 48.6 Å². The van der Waals surface area contributed by atoms with Crippen LogP contribution in [0, 0.1) is 5.92 Å². The van der Waals surface area contributed by atoms with E-state index >= 15 is 0 Å². The number of rotatable bonds is 8. The second-order valence-corrected chi connectivity index (χ2v) is 8.59. The number of ether oxygens (including phenoxy) is 2. The quantitative estimate of drug-likeness (QED) is 0.519. The van der Waals surface area contributed by atoms with Crippen LogP contribution < -0.4 is 20.1 Å². The summed E-state index contributed by atoms with van der Waals surface area (Å²) in [6.07, 6.45) is 5.27. The van der Waals surface area contributed by atoms with Crippen molar-refractivity contribution < 1.29 is 9.47 Å². The highest BCUT2D eigenvalue weighted by Crippen LogP contribution is 2.35. The number of nitrogens with zero attached hydrogens (tertiary/aromatic N) is 2. The third-order valence-corrected chi connectivity index (χ3v) is 6.07. The molecule has 4 rings (SSSR count). The summed E-state index contributed by atoms with van der Waals surface area (Å²) in [7, 11) is 0. The maximum absolute atomic E-state index is 5.94. The molecule has 1 saturated heterocycles. The molecule has 0 spiro atoms. The topological polar surface area (TPSA) is 58.1 Å². The van der Waals surface area contributed by atoms with Crippen molar-refractivity contribution in [3.05, 3.63) is 23.3 Å². The van der Waals surface area contributed by atoms with Gasteiger partial charge in [0.25, 0.3) is 0 Å². The molecule has 0 radical (unpaired) electrons. The normalized spacial score (nSPS) is 24.3. The first-order valence-electron chi connectivity index (χ1n) is 11.4. The minimum Gasteiger partial charge on any atom is -0.494 e. The number of fused-ring (bicyclic) bond motifs is 1. The number of benzene rings is 1. The summed E-state index contributed by atoms with van der Waals surface area (Å²) in [5.74, 6) is 3.51. The Morgan fingerprint density at radius 2 is 2.10 bits per heavy atom. The zero-order chi connectivity index (χ0) is 20.2. The Kier molecular flexibility index (Phi) is 6.48. The van der Waals surface area contributed by atoms with Crippen molar-refractivity contribution >= 4 is 5.96 Å². The number of likely N-dealkylation sites (tertiary alicyclic amines) is 1. The Labute approximate surface area is 175 Å². The van der Waals surface area contributed by atoms with Crippen LogP contribution in [0.2, 0.25) is 0 Å². The Morgan fingerprint density at radius 3 is 2.86 bits per heavy atom. The summed E-state index contributed by atoms with van der Waals surface area (Å²) >= 11 is 0. The van der Waals surface area contributed by atoms with Crippen molar-refractivity contribution in [1.82, 2.24) is 15.5 Å². The van der Waals surface area contributed by atoms with E-state index in [1.165, 1.54) is 37.9 Å². The van der Waals surface area contributed by atoms with Gasteiger partial charge in [0.15, 0.2) is 5.96 Å². The summed E-state index contributed by atoms with van der Waals surface area (Å²) in [5.41, 5.74) is 2.32. The van der Waals surface area contributed by atoms with E-state index < -0.39 is 0 Å². The van der Waals surface area contributed by atoms with Gasteiger partial charge in [0.05, 0.1) is 13.2 Å². The molecule has 160 valence electrons. The molecule has 1 aliphatic carbocycles. The van der Waals surface area contributed by atoms with Gasteiger partial charge in [-0.05, 0) is 64.6 Å². The van der Waals surface area contributed by atoms with E-state index in [1.54, 1.807) is 0 Å². The van der Waals surface area contributed by atoms with Crippen molar-refractivity contribution in [3.63, 3.8) is 0 Å². The molecule has 1 aromatic carbocycles. The number of aliphatic imine (C=N–C) groups is 1. The van der Waals surface area contributed by atoms with Crippen LogP contribution in [0.25, 0.3) is 0 Å². The Hall–Kier alpha value is -1.95. The highest BCUT2D eigenvalue weighted by molar-refractivity contribution is 5.79. The molecule has 2 unspecified atom stereocenters. The lowest BCUT2D eigenvalue weighted by atomic mass is 10.1. The molecular weight excluding hydrogens is 364 g/mol. The molecule has 1 aromatic rings. The van der Waals surface area contributed by atoms with Gasteiger partial charge in [0.1, 0.15) is 17.6 Å². The molecule has 3 aliphatic rings. The van der Waals surface area contributed by atoms with Crippen LogP contribution in [0.15, 0.2) is 17.1 Å². The fraction of sp³-hybridized carbons (Fsp3) is 0.696. The van der Waals surface area contributed by atoms with E-state index in [1.807, 2.05) is 6.92 Å². The smallest absolute Gasteiger partial charge is 0.191 e. The summed E-state index contributed by atoms with van der Waals surface area (Å²) in [4.78, 5) is 7.51. The van der Waals surface area contributed by atoms with Gasteiger partial charge in [-0.1, -0.05) is 0 Å². The first kappa shape index (κ1) is 20.3. The molecule has 6 nitrogen and oxygen atoms in total. The lowest BCUT2D eigenvalue weighted by Gasteiger charge is -2.17. The van der Waals surface area contributed by atoms with Crippen LogP contribution in [0.5, 0.6) is 11.5 Å². The van der Waals surface area contributed by atoms with Crippen LogP contribution in [0.1, 0.15) is 51.2 Å². The first-order chi connectivity index (χ1) is 14.2. The second kappa shape index (κ2) is 9.24. The van der Waals surface area contributed by atoms with Gasteiger partial charge in [-0.25, -0.2) is 4.99 Å². The first-order valence-corrected chi connectivity index (χ1v) is 11.4. The standard InChI is InChI=1S/C23H36N4O2/c1-4-24-23(25-13-17-8-9-27(15-17)20-6-7-20)26-14-19-12-22-18(10-16(3)29-22)11-21(19)28-5-2/h11-12,16-17,20H,4-10,13-15H2,1-3H3,(H2,24,25,26). The monoisotopic (exact) mass is 400 g/mol. The Bertz CT molecular complexity index is 732. The maximum Gasteiger partial charge on any atom is 0.191 e. The van der Waals surface area contributed by atoms with Crippen LogP contribution in [0.4, 0.5) is 0 Å². The lowest BCUT2D eigenvalue weighted by molar-refractivity contribution is 0.254. The highest BCUT2D eigenvalue weighted by atomic mass is 16.5. The van der Waals surface area contributed by atoms with E-state index in [4.69, 9.17) is 14.5 Å². The van der Waals surface area contributed by atoms with Gasteiger partial charge < -0.3 is 25.0 Å². The van der Waals surface area contributed by atoms with Gasteiger partial charge in [0.2, 0.25) is 0 Å². The fourth-order valence-electron chi connectivity index (χ4n) is 4.44. The Morgan fingerprint density at radius 1 is 1.24 bits per heavy atom. The van der Waals surface area contributed by atoms with Crippen LogP contribution in [0.3, 0.4) is 0 Å². The number of guanidine groups is 1. The molecule has 6 heteroatoms. The third-order valence-electron chi connectivity index (χ3n) is 6.07. The maximum atomic E-state index is 5.94. The SMILES string of the molecule is CCNC(=NCc1cc2c(cc1OCC)CC(C)O2)NCC1CCN(C2CC2)C1. The van der Waals surface area contributed by atoms with Crippen LogP contribution >= 0.6 is 0 Å². The Balaban J connectivity index is 1.39. The zero-order valence-electron chi connectivity index (χ0n) is 18.2. The van der Waals surface area contributed by atoms with Crippen molar-refractivity contribution in [1.29, 1.82) is 0 Å². The van der Waals surface area contributed by atoms with Gasteiger partial charge in [0, 0.05) is 43.2 Å². The van der Waals surface area contributed by atoms with Crippen molar-refractivity contribution in [3.8, 4) is 11.5 Å². The van der Waals surface area contributed by atoms with E-state index in [9.17, 15) is 0 Å². The van der Waals surface area contributed by atoms with E-state index in [0.29, 0.717) is 19.1 Å². The average molecular weight is 401 g/mol. The van der Waals surface area contributed by atoms with E-state index in [-0.39, 0.29) is 6.10 Å². The number of hydrogen-bond donors (Lipinski definition) is 2. The molecule has 29 heavy (non-hydrogen) atoms. The fourth-order valence-corrected chi connectivity index (χ4v) is 4.44. The summed E-state index contributed by atoms with van der Waals surface area (Å²) in [6.45, 7) is 11.8. The summed E-state index contributed by atoms with van der Waals surface area (Å²) < 4.78 is 11.8. The molecule has 0 bridgehead atoms. The molecule has 2 aliphatic heterocycles. The predicted molar refractivity (Wildman–Crippen MR) is 117 cm³/mol. The average Bonchev–Trinajstić information content (AvgIpc) is 3.33. The van der Waals surface area contributed by atoms with Crippen LogP contribution in [-0.2, 0) is 13.0 Å². The second-order valence-electron chi connectivity index (χ2n) is 8.59. The number of hydrogen-bond acceptors (Lipinski definition) is 4. The molecule has 1 saturated carbocycles. The van der Waals surface area contributed by atoms with Crippen molar-refractivity contribution in [2.24, 2.45) is 10.9 Å². The van der Waals surface area contributed by atoms with Gasteiger partial charge in [-0.2, -0.15) is 0 Å². The van der Waals surface area contributed by atoms with Gasteiger partial charge in [-0.3, -0.25) is 0 Å². The minimum absolute atomic E-state index is 0.235. The zero-order valence-corrected chi connectivity index (χ0v) is 18.2. The molecule has 2 fully saturated rings. The molecule has 2 N–H and O–H groups in total. The third kappa shape index (κ3) is 5.16. The molecule has 2 heterocycles. The molecule has 2 atom stereocenters. The summed E-state index contributed by atoms with van der Waals surface area (Å²) in [6, 6.07) is 5.13. The molecular formula is C23H36N4O2. The molecule has 0 amide bonds. The van der Waals surface area contributed by atoms with Crippen molar-refractivity contribution in [2.45, 2.75) is 65.1 Å². The predicted octanol–water partition coefficient (Wildman–Crippen LogP) is 2.95. The lowest BCUT2D eigenvalue weighted by Crippen LogP contribution is -2.40. The van der Waals surface area contributed by atoms with Gasteiger partial charge in [-0.15, -0.1) is 0 Å². The van der Waals surface area contributed by atoms with Crippen molar-refractivity contribution in [2.75, 3.05) is 32.8 Å². The largest absolute Gasteiger partial charge is 0.494 e. The summed E-state index contributed by atoms with van der Waals surface area (Å²) in [5, 5.41) is 6.95. The van der Waals surface area contributed by atoms with E-state index in [2.05, 4.69) is 41.5 Å². The highest BCUT2D eigenvalue weighted by Gasteiger charge is 2.34. The minimum atomic E-state index is 0.235.